The molecule has 0 unspecified atom stereocenters. The number of benzene rings is 13. The van der Waals surface area contributed by atoms with Gasteiger partial charge in [-0.1, -0.05) is 228 Å². The van der Waals surface area contributed by atoms with Gasteiger partial charge in [0.15, 0.2) is 69.4 Å². The number of hydrogen-bond acceptors (Lipinski definition) is 0. The van der Waals surface area contributed by atoms with E-state index >= 15 is 0 Å². The van der Waals surface area contributed by atoms with Crippen LogP contribution in [-0.4, -0.2) is 100 Å². The van der Waals surface area contributed by atoms with Crippen LogP contribution in [0.3, 0.4) is 0 Å². The van der Waals surface area contributed by atoms with E-state index in [2.05, 4.69) is 463 Å². The second kappa shape index (κ2) is 43.8. The monoisotopic (exact) mass is 2450 g/mol. The summed E-state index contributed by atoms with van der Waals surface area (Å²) in [7, 11) is 6.30. The van der Waals surface area contributed by atoms with Gasteiger partial charge in [-0.25, -0.2) is 27.4 Å². The van der Waals surface area contributed by atoms with E-state index < -0.39 is 23.9 Å². The number of fused-ring (bicyclic) bond motifs is 9. The van der Waals surface area contributed by atoms with E-state index in [9.17, 15) is 0 Å². The third kappa shape index (κ3) is 23.1. The molecule has 0 saturated heterocycles. The number of aryl methyl sites for hydroxylation is 3. The summed E-state index contributed by atoms with van der Waals surface area (Å²) in [5.74, 6) is -2.33. The maximum atomic E-state index is 7.53. The molecule has 8 N–H and O–H groups in total. The standard InChI is InChI=1S/C27H30N2.C26H26N2.C26H20N2.C23H20N2.4C2H4O2.4Ir/c1-26(2,3)20-11-15-22(16-12-20)28-19-29(25-10-8-7-9-24(25)28)23-17-13-21(14-18-23)27(4,5)6;1-25(2)19-10-6-7-11-20(19)26(3,4)22-16-18(14-15-21(22)25)28-17-27(5)23-12-8-9-13-24(23)28;1-27-19-28(22-15-9-4-10-16-22)26-24(21-13-7-3-8-14-21)18-17-23(25(26)27)20-11-5-2-6-12-20;1-23(2)19-9-5-4-8-17(19)18-13-12-16(14-20(18)23)25-15-24(3)21-10-6-7-11-22(21)25;4*1-2(3)4;;;;/h7-17,19H,1-6H3;6-13,15-17H,1-5H3;2-15,17-19H,1H3;4-11,13-15H,1-3H3;4*1H3,(H,3,4);;;;/p+4. The smallest absolute Gasteiger partial charge is 0.339 e. The number of para-hydroxylation sites is 7. The van der Waals surface area contributed by atoms with E-state index in [4.69, 9.17) is 39.6 Å². The quantitative estimate of drug-likeness (QED) is 0.0907. The van der Waals surface area contributed by atoms with Crippen LogP contribution in [-0.2, 0) is 129 Å². The minimum atomic E-state index is -0.583. The van der Waals surface area contributed by atoms with Gasteiger partial charge in [-0.2, -0.15) is 51.6 Å². The third-order valence-corrected chi connectivity index (χ3v) is 22.9. The van der Waals surface area contributed by atoms with Crippen molar-refractivity contribution in [3.63, 3.8) is 0 Å². The summed E-state index contributed by atoms with van der Waals surface area (Å²) in [4.78, 5) is 30.1. The Hall–Kier alpha value is -11.8. The first-order valence-electron chi connectivity index (χ1n) is 42.2. The van der Waals surface area contributed by atoms with Crippen LogP contribution in [0, 0.1) is 24.3 Å². The minimum Gasteiger partial charge on any atom is -0.339 e. The maximum absolute atomic E-state index is 7.53. The molecule has 2 aliphatic carbocycles. The molecule has 4 radical (unpaired) electrons. The molecule has 16 nitrogen and oxygen atoms in total. The fourth-order valence-corrected chi connectivity index (χ4v) is 16.7. The van der Waals surface area contributed by atoms with Gasteiger partial charge in [0.2, 0.25) is 0 Å². The van der Waals surface area contributed by atoms with Gasteiger partial charge in [-0.05, 0) is 116 Å². The molecule has 4 heterocycles. The number of aliphatic carboxylic acids is 4. The molecule has 2 aliphatic rings. The van der Waals surface area contributed by atoms with E-state index in [1.165, 1.54) is 155 Å². The van der Waals surface area contributed by atoms with Gasteiger partial charge in [0.05, 0.1) is 38.8 Å². The van der Waals surface area contributed by atoms with Crippen molar-refractivity contribution >= 4 is 68.0 Å². The van der Waals surface area contributed by atoms with Crippen molar-refractivity contribution in [3.05, 3.63) is 379 Å². The van der Waals surface area contributed by atoms with Gasteiger partial charge in [-0.15, -0.1) is 64.2 Å². The Morgan fingerprint density at radius 3 is 1.10 bits per heavy atom. The van der Waals surface area contributed by atoms with Crippen molar-refractivity contribution in [2.24, 2.45) is 21.1 Å². The molecule has 676 valence electrons. The van der Waals surface area contributed by atoms with Crippen molar-refractivity contribution in [3.8, 4) is 61.8 Å². The van der Waals surface area contributed by atoms with Crippen LogP contribution in [0.2, 0.25) is 0 Å². The van der Waals surface area contributed by atoms with Crippen molar-refractivity contribution < 1.29 is 120 Å². The van der Waals surface area contributed by atoms with Gasteiger partial charge in [0.1, 0.15) is 5.69 Å². The third-order valence-electron chi connectivity index (χ3n) is 22.9. The number of imidazole rings is 4. The molecule has 19 rings (SSSR count). The summed E-state index contributed by atoms with van der Waals surface area (Å²) in [5.41, 5.74) is 33.8. The fourth-order valence-electron chi connectivity index (χ4n) is 16.7. The summed E-state index contributed by atoms with van der Waals surface area (Å²) in [6, 6.07) is 115. The Morgan fingerprint density at radius 2 is 0.646 bits per heavy atom. The van der Waals surface area contributed by atoms with Gasteiger partial charge in [0.25, 0.3) is 0 Å². The average Bonchev–Trinajstić information content (AvgIpc) is 0.962. The zero-order valence-electron chi connectivity index (χ0n) is 76.9. The van der Waals surface area contributed by atoms with Crippen molar-refractivity contribution in [2.75, 3.05) is 0 Å². The molecule has 4 aromatic heterocycles. The number of carboxylic acid groups (broad SMARTS) is 4. The van der Waals surface area contributed by atoms with Crippen LogP contribution >= 0.6 is 0 Å². The molecule has 130 heavy (non-hydrogen) atoms. The largest absolute Gasteiger partial charge is 0.477 e. The summed E-state index contributed by atoms with van der Waals surface area (Å²) < 4.78 is 17.7. The van der Waals surface area contributed by atoms with E-state index in [1.54, 1.807) is 0 Å². The SMILES string of the molecule is CC(C)(C)c1c[c-]c(-n2[cH+]n(-c3ccc(C(C)(C)C)cc3)c3ccccc32)cc1.CC(O)=[OH+].CC(O)=[OH+].CC(O)=[OH+].CC(O)=[OH+].Cn1[cH+]n(-c2[c-]cc3c(c2)C(C)(C)c2ccccc2-3)c2ccccc21.Cn1[cH+]n(-c2[c-]cc3c(c2)C(C)(C)c2ccccc2C3(C)C)c2ccccc21.Cn1[cH+]n(-c2[c-]cccc2)c2c(-c3ccccc3)ccc(-c3ccccc3)c21.[Ir].[Ir].[Ir].[Ir]. The number of carboxylic acids is 4. The number of rotatable bonds is 7. The first-order chi connectivity index (χ1) is 59.8. The summed E-state index contributed by atoms with van der Waals surface area (Å²) >= 11 is 0. The zero-order valence-corrected chi connectivity index (χ0v) is 86.5. The van der Waals surface area contributed by atoms with Gasteiger partial charge in [-0.3, -0.25) is 0 Å². The van der Waals surface area contributed by atoms with E-state index in [0.29, 0.717) is 0 Å². The van der Waals surface area contributed by atoms with Crippen molar-refractivity contribution in [1.29, 1.82) is 0 Å². The molecule has 0 aliphatic heterocycles. The minimum absolute atomic E-state index is 0. The van der Waals surface area contributed by atoms with Gasteiger partial charge in [0, 0.05) is 161 Å². The summed E-state index contributed by atoms with van der Waals surface area (Å²) in [6.07, 6.45) is 8.60. The first kappa shape index (κ1) is 104. The predicted molar refractivity (Wildman–Crippen MR) is 520 cm³/mol. The van der Waals surface area contributed by atoms with Crippen LogP contribution in [0.4, 0.5) is 0 Å². The molecular formula is C110H116Ir4N8O8+4. The van der Waals surface area contributed by atoms with Gasteiger partial charge >= 0.3 is 23.9 Å². The van der Waals surface area contributed by atoms with Crippen LogP contribution in [0.5, 0.6) is 0 Å². The molecule has 20 heteroatoms. The molecule has 17 aromatic rings. The number of nitrogens with zero attached hydrogens (tertiary/aromatic N) is 8. The van der Waals surface area contributed by atoms with E-state index in [0.717, 1.165) is 22.7 Å². The Morgan fingerprint density at radius 1 is 0.292 bits per heavy atom. The normalized spacial score (nSPS) is 12.3. The number of aromatic nitrogens is 8. The van der Waals surface area contributed by atoms with Crippen LogP contribution in [0.25, 0.3) is 106 Å². The first-order valence-corrected chi connectivity index (χ1v) is 42.2. The molecule has 0 amide bonds. The molecule has 0 saturated carbocycles. The summed E-state index contributed by atoms with van der Waals surface area (Å²) in [6.45, 7) is 32.2. The van der Waals surface area contributed by atoms with E-state index in [1.807, 2.05) is 12.1 Å². The average molecular weight is 2450 g/mol. The number of hydrogen-bond donors (Lipinski definition) is 4. The Balaban J connectivity index is 0.000000200. The number of aliphatic hydroxyl groups excluding tert-OH is 4. The predicted octanol–water partition coefficient (Wildman–Crippen LogP) is 25.1. The molecule has 0 bridgehead atoms. The van der Waals surface area contributed by atoms with Gasteiger partial charge < -0.3 is 39.6 Å². The molecule has 13 aromatic carbocycles. The zero-order chi connectivity index (χ0) is 90.9. The Bertz CT molecular complexity index is 6650. The topological polar surface area (TPSA) is 206 Å². The Kier molecular flexibility index (Phi) is 34.9. The van der Waals surface area contributed by atoms with Crippen LogP contribution in [0.15, 0.2) is 310 Å². The molecular weight excluding hydrogens is 2330 g/mol. The Labute approximate surface area is 817 Å². The molecule has 0 fully saturated rings. The van der Waals surface area contributed by atoms with Crippen molar-refractivity contribution in [2.45, 2.75) is 138 Å². The molecule has 0 atom stereocenters. The van der Waals surface area contributed by atoms with E-state index in [-0.39, 0.29) is 107 Å². The van der Waals surface area contributed by atoms with Crippen LogP contribution in [0.1, 0.15) is 155 Å². The molecule has 0 spiro atoms. The summed E-state index contributed by atoms with van der Waals surface area (Å²) in [5, 5.41) is 30.1. The van der Waals surface area contributed by atoms with Crippen molar-refractivity contribution in [1.82, 2.24) is 36.5 Å². The second-order valence-electron chi connectivity index (χ2n) is 35.4. The fraction of sp³-hybridized carbons (Fsp3) is 0.218. The van der Waals surface area contributed by atoms with Crippen LogP contribution < -0.4 is 0 Å². The second-order valence-corrected chi connectivity index (χ2v) is 35.4. The maximum Gasteiger partial charge on any atom is 0.477 e.